The lowest BCUT2D eigenvalue weighted by molar-refractivity contribution is 0.425. The summed E-state index contributed by atoms with van der Waals surface area (Å²) < 4.78 is 2.00. The number of hydrogen-bond acceptors (Lipinski definition) is 5. The summed E-state index contributed by atoms with van der Waals surface area (Å²) in [6.45, 7) is 5.01. The molecule has 4 aromatic rings. The molecule has 1 saturated carbocycles. The highest BCUT2D eigenvalue weighted by atomic mass is 16.1. The van der Waals surface area contributed by atoms with Gasteiger partial charge in [0.15, 0.2) is 5.82 Å². The van der Waals surface area contributed by atoms with Crippen LogP contribution in [0.4, 0.5) is 5.69 Å². The monoisotopic (exact) mass is 454 g/mol. The Balaban J connectivity index is 1.58. The van der Waals surface area contributed by atoms with Crippen molar-refractivity contribution in [2.75, 3.05) is 11.4 Å². The van der Waals surface area contributed by atoms with Crippen LogP contribution in [0.15, 0.2) is 47.3 Å². The van der Waals surface area contributed by atoms with Gasteiger partial charge < -0.3 is 9.88 Å². The molecular formula is C27H30N6O. The molecule has 1 fully saturated rings. The van der Waals surface area contributed by atoms with Crippen LogP contribution in [0.2, 0.25) is 0 Å². The summed E-state index contributed by atoms with van der Waals surface area (Å²) in [6, 6.07) is 14.7. The fraction of sp³-hybridized carbons (Fsp3) is 0.407. The first-order valence-corrected chi connectivity index (χ1v) is 12.4. The Morgan fingerprint density at radius 2 is 1.88 bits per heavy atom. The number of aryl methyl sites for hydroxylation is 3. The summed E-state index contributed by atoms with van der Waals surface area (Å²) in [5, 5.41) is 14.2. The van der Waals surface area contributed by atoms with Gasteiger partial charge in [-0.3, -0.25) is 4.79 Å². The van der Waals surface area contributed by atoms with Gasteiger partial charge in [-0.05, 0) is 84.8 Å². The highest BCUT2D eigenvalue weighted by Crippen LogP contribution is 2.39. The Kier molecular flexibility index (Phi) is 5.20. The summed E-state index contributed by atoms with van der Waals surface area (Å²) in [6.07, 6.45) is 6.61. The molecule has 7 heteroatoms. The molecule has 0 saturated heterocycles. The first kappa shape index (κ1) is 21.1. The van der Waals surface area contributed by atoms with Gasteiger partial charge in [-0.2, -0.15) is 0 Å². The van der Waals surface area contributed by atoms with Gasteiger partial charge in [0.2, 0.25) is 0 Å². The fourth-order valence-electron chi connectivity index (χ4n) is 5.96. The largest absolute Gasteiger partial charge is 0.357 e. The molecule has 1 aliphatic carbocycles. The van der Waals surface area contributed by atoms with E-state index in [-0.39, 0.29) is 17.6 Å². The Labute approximate surface area is 198 Å². The van der Waals surface area contributed by atoms with E-state index in [0.29, 0.717) is 5.56 Å². The topological polar surface area (TPSA) is 79.7 Å². The first-order chi connectivity index (χ1) is 16.6. The van der Waals surface area contributed by atoms with Crippen LogP contribution in [0.3, 0.4) is 0 Å². The number of pyridine rings is 1. The average Bonchev–Trinajstić information content (AvgIpc) is 3.52. The second-order valence-corrected chi connectivity index (χ2v) is 9.84. The smallest absolute Gasteiger partial charge is 0.254 e. The lowest BCUT2D eigenvalue weighted by Gasteiger charge is -2.37. The first-order valence-electron chi connectivity index (χ1n) is 12.4. The number of nitrogens with one attached hydrogen (secondary N) is 1. The molecule has 1 N–H and O–H groups in total. The number of rotatable bonds is 4. The third-order valence-corrected chi connectivity index (χ3v) is 7.53. The molecule has 1 atom stereocenters. The van der Waals surface area contributed by atoms with E-state index >= 15 is 0 Å². The molecule has 0 bridgehead atoms. The Bertz CT molecular complexity index is 1410. The highest BCUT2D eigenvalue weighted by molar-refractivity contribution is 5.83. The van der Waals surface area contributed by atoms with Gasteiger partial charge in [0.1, 0.15) is 6.04 Å². The van der Waals surface area contributed by atoms with Crippen molar-refractivity contribution in [2.45, 2.75) is 64.5 Å². The number of fused-ring (bicyclic) bond motifs is 2. The van der Waals surface area contributed by atoms with Crippen molar-refractivity contribution in [1.29, 1.82) is 0 Å². The molecule has 0 amide bonds. The summed E-state index contributed by atoms with van der Waals surface area (Å²) in [7, 11) is 0. The van der Waals surface area contributed by atoms with Crippen LogP contribution in [0, 0.1) is 13.8 Å². The number of aromatic amines is 1. The van der Waals surface area contributed by atoms with E-state index in [4.69, 9.17) is 0 Å². The van der Waals surface area contributed by atoms with Gasteiger partial charge in [0, 0.05) is 28.7 Å². The van der Waals surface area contributed by atoms with Crippen LogP contribution in [-0.2, 0) is 6.42 Å². The highest BCUT2D eigenvalue weighted by Gasteiger charge is 2.35. The van der Waals surface area contributed by atoms with Gasteiger partial charge in [0.05, 0.1) is 6.04 Å². The maximum Gasteiger partial charge on any atom is 0.254 e. The van der Waals surface area contributed by atoms with Crippen molar-refractivity contribution < 1.29 is 0 Å². The lowest BCUT2D eigenvalue weighted by Crippen LogP contribution is -2.38. The van der Waals surface area contributed by atoms with Crippen LogP contribution in [0.1, 0.15) is 72.3 Å². The number of H-pyrrole nitrogens is 1. The molecule has 0 spiro atoms. The Hall–Kier alpha value is -3.48. The SMILES string of the molecule is Cc1cc(C)c2cc([C@@H](c3nnnn3C3CCCC3)N3CCCc4ccccc43)c(=O)[nH]c2c1. The van der Waals surface area contributed by atoms with Crippen molar-refractivity contribution in [3.63, 3.8) is 0 Å². The number of para-hydroxylation sites is 1. The van der Waals surface area contributed by atoms with Crippen molar-refractivity contribution in [2.24, 2.45) is 0 Å². The third kappa shape index (κ3) is 3.50. The van der Waals surface area contributed by atoms with Gasteiger partial charge in [-0.1, -0.05) is 37.1 Å². The molecule has 1 aliphatic heterocycles. The number of benzene rings is 2. The number of anilines is 1. The average molecular weight is 455 g/mol. The number of hydrogen-bond donors (Lipinski definition) is 1. The third-order valence-electron chi connectivity index (χ3n) is 7.53. The van der Waals surface area contributed by atoms with E-state index in [9.17, 15) is 4.79 Å². The molecule has 2 aromatic carbocycles. The molecule has 6 rings (SSSR count). The molecule has 0 radical (unpaired) electrons. The normalized spacial score (nSPS) is 17.3. The van der Waals surface area contributed by atoms with E-state index in [0.717, 1.165) is 60.1 Å². The zero-order valence-corrected chi connectivity index (χ0v) is 19.8. The van der Waals surface area contributed by atoms with E-state index in [1.165, 1.54) is 24.1 Å². The summed E-state index contributed by atoms with van der Waals surface area (Å²) >= 11 is 0. The molecule has 34 heavy (non-hydrogen) atoms. The molecular weight excluding hydrogens is 424 g/mol. The summed E-state index contributed by atoms with van der Waals surface area (Å²) in [5.41, 5.74) is 6.26. The van der Waals surface area contributed by atoms with Crippen LogP contribution in [0.25, 0.3) is 10.9 Å². The van der Waals surface area contributed by atoms with Crippen LogP contribution >= 0.6 is 0 Å². The number of aromatic nitrogens is 5. The fourth-order valence-corrected chi connectivity index (χ4v) is 5.96. The second kappa shape index (κ2) is 8.38. The Morgan fingerprint density at radius 3 is 2.74 bits per heavy atom. The molecule has 7 nitrogen and oxygen atoms in total. The minimum atomic E-state index is -0.356. The van der Waals surface area contributed by atoms with Crippen LogP contribution < -0.4 is 10.5 Å². The minimum absolute atomic E-state index is 0.0773. The predicted octanol–water partition coefficient (Wildman–Crippen LogP) is 4.79. The second-order valence-electron chi connectivity index (χ2n) is 9.84. The van der Waals surface area contributed by atoms with Gasteiger partial charge in [-0.15, -0.1) is 5.10 Å². The number of nitrogens with zero attached hydrogens (tertiary/aromatic N) is 5. The molecule has 174 valence electrons. The maximum atomic E-state index is 13.6. The number of tetrazole rings is 1. The molecule has 3 heterocycles. The minimum Gasteiger partial charge on any atom is -0.357 e. The molecule has 0 unspecified atom stereocenters. The molecule has 2 aliphatic rings. The zero-order chi connectivity index (χ0) is 23.2. The van der Waals surface area contributed by atoms with Gasteiger partial charge >= 0.3 is 0 Å². The van der Waals surface area contributed by atoms with Crippen LogP contribution in [-0.4, -0.2) is 31.7 Å². The quantitative estimate of drug-likeness (QED) is 0.480. The summed E-state index contributed by atoms with van der Waals surface area (Å²) in [4.78, 5) is 19.1. The molecule has 2 aromatic heterocycles. The summed E-state index contributed by atoms with van der Waals surface area (Å²) in [5.74, 6) is 0.762. The van der Waals surface area contributed by atoms with Crippen molar-refractivity contribution in [1.82, 2.24) is 25.2 Å². The van der Waals surface area contributed by atoms with Gasteiger partial charge in [-0.25, -0.2) is 4.68 Å². The van der Waals surface area contributed by atoms with Gasteiger partial charge in [0.25, 0.3) is 5.56 Å². The van der Waals surface area contributed by atoms with Crippen molar-refractivity contribution in [3.8, 4) is 0 Å². The predicted molar refractivity (Wildman–Crippen MR) is 133 cm³/mol. The van der Waals surface area contributed by atoms with E-state index in [2.05, 4.69) is 75.7 Å². The van der Waals surface area contributed by atoms with Crippen LogP contribution in [0.5, 0.6) is 0 Å². The standard InChI is InChI=1S/C27H30N6O/c1-17-14-18(2)21-16-22(27(34)28-23(21)15-17)25(26-29-30-31-33(26)20-10-4-5-11-20)32-13-7-9-19-8-3-6-12-24(19)32/h3,6,8,12,14-16,20,25H,4-5,7,9-11,13H2,1-2H3,(H,28,34)/t25-/m0/s1. The van der Waals surface area contributed by atoms with E-state index < -0.39 is 0 Å². The van der Waals surface area contributed by atoms with E-state index in [1.54, 1.807) is 0 Å². The van der Waals surface area contributed by atoms with Crippen molar-refractivity contribution in [3.05, 3.63) is 80.9 Å². The zero-order valence-electron chi connectivity index (χ0n) is 19.8. The van der Waals surface area contributed by atoms with E-state index in [1.807, 2.05) is 10.7 Å². The van der Waals surface area contributed by atoms with Crippen molar-refractivity contribution >= 4 is 16.6 Å². The lowest BCUT2D eigenvalue weighted by atomic mass is 9.95. The maximum absolute atomic E-state index is 13.6. The Morgan fingerprint density at radius 1 is 1.06 bits per heavy atom.